The number of carbonyl (C=O) groups is 1. The Labute approximate surface area is 159 Å². The van der Waals surface area contributed by atoms with Gasteiger partial charge in [0.05, 0.1) is 0 Å². The normalized spacial score (nSPS) is 10.7. The number of carbonyl (C=O) groups excluding carboxylic acids is 1. The largest absolute Gasteiger partial charge is 0.364 e. The Hall–Kier alpha value is -2.58. The summed E-state index contributed by atoms with van der Waals surface area (Å²) in [5.74, 6) is 0.796. The maximum atomic E-state index is 11.5. The summed E-state index contributed by atoms with van der Waals surface area (Å²) in [7, 11) is 1.59. The Bertz CT molecular complexity index is 754. The van der Waals surface area contributed by atoms with Crippen LogP contribution in [0.2, 0.25) is 0 Å². The lowest BCUT2D eigenvalue weighted by molar-refractivity contribution is -0.114. The van der Waals surface area contributed by atoms with Crippen LogP contribution >= 0.6 is 0 Å². The summed E-state index contributed by atoms with van der Waals surface area (Å²) in [6.45, 7) is 6.70. The van der Waals surface area contributed by atoms with Crippen LogP contribution in [0.15, 0.2) is 24.3 Å². The number of nitrogens with zero attached hydrogens (tertiary/aromatic N) is 4. The van der Waals surface area contributed by atoms with Crippen molar-refractivity contribution in [1.82, 2.24) is 15.0 Å². The Morgan fingerprint density at radius 2 is 2.04 bits per heavy atom. The van der Waals surface area contributed by atoms with Gasteiger partial charge in [-0.2, -0.15) is 15.0 Å². The topological polar surface area (TPSA) is 89.5 Å². The van der Waals surface area contributed by atoms with Crippen molar-refractivity contribution < 1.29 is 14.3 Å². The van der Waals surface area contributed by atoms with E-state index in [1.165, 1.54) is 6.92 Å². The third-order valence-electron chi connectivity index (χ3n) is 3.64. The smallest absolute Gasteiger partial charge is 0.234 e. The highest BCUT2D eigenvalue weighted by molar-refractivity contribution is 5.87. The molecule has 1 aromatic carbocycles. The number of hydrogen-bond acceptors (Lipinski definition) is 7. The first-order chi connectivity index (χ1) is 13.0. The molecule has 8 nitrogen and oxygen atoms in total. The monoisotopic (exact) mass is 373 g/mol. The van der Waals surface area contributed by atoms with E-state index in [2.05, 4.69) is 27.2 Å². The van der Waals surface area contributed by atoms with E-state index in [0.717, 1.165) is 24.0 Å². The zero-order valence-corrected chi connectivity index (χ0v) is 16.4. The lowest BCUT2D eigenvalue weighted by Gasteiger charge is -2.22. The lowest BCUT2D eigenvalue weighted by Crippen LogP contribution is -2.31. The molecule has 146 valence electrons. The fourth-order valence-electron chi connectivity index (χ4n) is 2.36. The fraction of sp³-hybridized carbons (Fsp3) is 0.474. The summed E-state index contributed by atoms with van der Waals surface area (Å²) >= 11 is 0. The number of hydrogen-bond donors (Lipinski definition) is 1. The molecule has 1 aromatic heterocycles. The van der Waals surface area contributed by atoms with Crippen molar-refractivity contribution in [2.45, 2.75) is 33.6 Å². The van der Waals surface area contributed by atoms with E-state index >= 15 is 0 Å². The number of ether oxygens (including phenoxy) is 2. The van der Waals surface area contributed by atoms with Gasteiger partial charge in [-0.3, -0.25) is 15.0 Å². The molecule has 0 aliphatic carbocycles. The molecule has 0 atom stereocenters. The van der Waals surface area contributed by atoms with E-state index in [1.54, 1.807) is 12.0 Å². The molecule has 1 heterocycles. The zero-order valence-electron chi connectivity index (χ0n) is 16.4. The van der Waals surface area contributed by atoms with E-state index < -0.39 is 0 Å². The van der Waals surface area contributed by atoms with Crippen molar-refractivity contribution in [3.63, 3.8) is 0 Å². The molecule has 0 spiro atoms. The highest BCUT2D eigenvalue weighted by Crippen LogP contribution is 2.21. The minimum atomic E-state index is -0.250. The van der Waals surface area contributed by atoms with E-state index in [0.29, 0.717) is 18.4 Å². The Kier molecular flexibility index (Phi) is 8.09. The van der Waals surface area contributed by atoms with E-state index in [-0.39, 0.29) is 25.3 Å². The van der Waals surface area contributed by atoms with Gasteiger partial charge in [-0.05, 0) is 19.4 Å². The number of anilines is 2. The Morgan fingerprint density at radius 1 is 1.22 bits per heavy atom. The van der Waals surface area contributed by atoms with Gasteiger partial charge in [-0.15, -0.1) is 0 Å². The molecule has 0 saturated carbocycles. The maximum Gasteiger partial charge on any atom is 0.234 e. The molecule has 2 rings (SSSR count). The van der Waals surface area contributed by atoms with Gasteiger partial charge in [0.25, 0.3) is 0 Å². The molecular weight excluding hydrogens is 346 g/mol. The van der Waals surface area contributed by atoms with Crippen LogP contribution in [0, 0.1) is 6.92 Å². The molecule has 27 heavy (non-hydrogen) atoms. The molecule has 0 radical (unpaired) electrons. The van der Waals surface area contributed by atoms with E-state index in [4.69, 9.17) is 9.47 Å². The lowest BCUT2D eigenvalue weighted by atomic mass is 10.1. The van der Waals surface area contributed by atoms with Gasteiger partial charge < -0.3 is 9.47 Å². The molecule has 0 fully saturated rings. The predicted molar refractivity (Wildman–Crippen MR) is 104 cm³/mol. The average Bonchev–Trinajstić information content (AvgIpc) is 2.63. The zero-order chi connectivity index (χ0) is 19.6. The molecule has 1 N–H and O–H groups in total. The van der Waals surface area contributed by atoms with Crippen LogP contribution in [-0.4, -0.2) is 48.0 Å². The van der Waals surface area contributed by atoms with Crippen molar-refractivity contribution >= 4 is 17.8 Å². The van der Waals surface area contributed by atoms with Crippen LogP contribution in [-0.2, 0) is 14.3 Å². The molecule has 0 unspecified atom stereocenters. The number of methoxy groups -OCH3 is 1. The molecule has 8 heteroatoms. The van der Waals surface area contributed by atoms with Crippen LogP contribution < -0.4 is 10.2 Å². The SMILES string of the molecule is CCCCOCN(COC)c1nc(NC(C)=O)nc(-c2cccc(C)c2)n1. The van der Waals surface area contributed by atoms with Gasteiger partial charge in [0.15, 0.2) is 5.82 Å². The summed E-state index contributed by atoms with van der Waals surface area (Å²) in [6.07, 6.45) is 2.03. The fourth-order valence-corrected chi connectivity index (χ4v) is 2.36. The van der Waals surface area contributed by atoms with Crippen molar-refractivity contribution in [1.29, 1.82) is 0 Å². The summed E-state index contributed by atoms with van der Waals surface area (Å²) in [5.41, 5.74) is 1.93. The number of aromatic nitrogens is 3. The van der Waals surface area contributed by atoms with Crippen LogP contribution in [0.3, 0.4) is 0 Å². The van der Waals surface area contributed by atoms with Gasteiger partial charge in [-0.1, -0.05) is 37.1 Å². The molecule has 1 amide bonds. The summed E-state index contributed by atoms with van der Waals surface area (Å²) in [5, 5.41) is 2.63. The first-order valence-corrected chi connectivity index (χ1v) is 8.95. The molecule has 0 bridgehead atoms. The average molecular weight is 373 g/mol. The molecular formula is C19H27N5O3. The summed E-state index contributed by atoms with van der Waals surface area (Å²) in [4.78, 5) is 26.5. The van der Waals surface area contributed by atoms with Crippen molar-refractivity contribution in [3.05, 3.63) is 29.8 Å². The van der Waals surface area contributed by atoms with E-state index in [9.17, 15) is 4.79 Å². The molecule has 0 saturated heterocycles. The summed E-state index contributed by atoms with van der Waals surface area (Å²) in [6, 6.07) is 7.84. The number of rotatable bonds is 10. The van der Waals surface area contributed by atoms with Crippen LogP contribution in [0.25, 0.3) is 11.4 Å². The second-order valence-corrected chi connectivity index (χ2v) is 6.18. The first kappa shape index (κ1) is 20.7. The number of nitrogens with one attached hydrogen (secondary N) is 1. The molecule has 2 aromatic rings. The predicted octanol–water partition coefficient (Wildman–Crippen LogP) is 2.99. The molecule has 0 aliphatic rings. The van der Waals surface area contributed by atoms with Gasteiger partial charge in [0.1, 0.15) is 13.5 Å². The van der Waals surface area contributed by atoms with Crippen molar-refractivity contribution in [2.24, 2.45) is 0 Å². The van der Waals surface area contributed by atoms with Gasteiger partial charge in [0, 0.05) is 26.2 Å². The number of aryl methyl sites for hydroxylation is 1. The van der Waals surface area contributed by atoms with Gasteiger partial charge >= 0.3 is 0 Å². The third kappa shape index (κ3) is 6.58. The van der Waals surface area contributed by atoms with Crippen LogP contribution in [0.5, 0.6) is 0 Å². The Morgan fingerprint density at radius 3 is 2.70 bits per heavy atom. The Balaban J connectivity index is 2.36. The maximum absolute atomic E-state index is 11.5. The molecule has 0 aliphatic heterocycles. The van der Waals surface area contributed by atoms with Gasteiger partial charge in [0.2, 0.25) is 17.8 Å². The van der Waals surface area contributed by atoms with Gasteiger partial charge in [-0.25, -0.2) is 0 Å². The quantitative estimate of drug-likeness (QED) is 0.506. The number of unbranched alkanes of at least 4 members (excludes halogenated alkanes) is 1. The highest BCUT2D eigenvalue weighted by Gasteiger charge is 2.15. The van der Waals surface area contributed by atoms with Crippen LogP contribution in [0.1, 0.15) is 32.3 Å². The first-order valence-electron chi connectivity index (χ1n) is 8.95. The third-order valence-corrected chi connectivity index (χ3v) is 3.64. The van der Waals surface area contributed by atoms with Crippen molar-refractivity contribution in [2.75, 3.05) is 37.4 Å². The highest BCUT2D eigenvalue weighted by atomic mass is 16.5. The number of amides is 1. The second kappa shape index (κ2) is 10.5. The number of benzene rings is 1. The van der Waals surface area contributed by atoms with E-state index in [1.807, 2.05) is 31.2 Å². The minimum Gasteiger partial charge on any atom is -0.364 e. The summed E-state index contributed by atoms with van der Waals surface area (Å²) < 4.78 is 10.9. The standard InChI is InChI=1S/C19H27N5O3/c1-5-6-10-27-13-24(12-26-4)19-22-17(16-9-7-8-14(2)11-16)21-18(23-19)20-15(3)25/h7-9,11H,5-6,10,12-13H2,1-4H3,(H,20,21,22,23,25). The second-order valence-electron chi connectivity index (χ2n) is 6.18. The van der Waals surface area contributed by atoms with Crippen LogP contribution in [0.4, 0.5) is 11.9 Å². The van der Waals surface area contributed by atoms with Crippen molar-refractivity contribution in [3.8, 4) is 11.4 Å². The minimum absolute atomic E-state index is 0.193.